The second kappa shape index (κ2) is 14.9. The zero-order valence-corrected chi connectivity index (χ0v) is 24.6. The third-order valence-electron chi connectivity index (χ3n) is 7.31. The second-order valence-corrected chi connectivity index (χ2v) is 10.2. The van der Waals surface area contributed by atoms with E-state index in [4.69, 9.17) is 23.9 Å². The maximum absolute atomic E-state index is 13.5. The number of urea groups is 1. The number of fused-ring (bicyclic) bond motifs is 1. The van der Waals surface area contributed by atoms with E-state index < -0.39 is 12.3 Å². The molecule has 4 rings (SSSR count). The molecule has 0 radical (unpaired) electrons. The summed E-state index contributed by atoms with van der Waals surface area (Å²) in [5.74, 6) is 0.727. The Morgan fingerprint density at radius 1 is 1.26 bits per heavy atom. The molecular formula is C29H39N7O6. The molecule has 0 saturated carbocycles. The zero-order valence-electron chi connectivity index (χ0n) is 24.6. The summed E-state index contributed by atoms with van der Waals surface area (Å²) in [5, 5.41) is 15.4. The Balaban J connectivity index is 1.61. The first-order chi connectivity index (χ1) is 20.4. The average molecular weight is 582 g/mol. The Hall–Kier alpha value is -3.83. The highest BCUT2D eigenvalue weighted by atomic mass is 16.7. The third kappa shape index (κ3) is 7.51. The van der Waals surface area contributed by atoms with Crippen molar-refractivity contribution in [2.75, 3.05) is 69.7 Å². The van der Waals surface area contributed by atoms with Crippen LogP contribution in [0, 0.1) is 11.3 Å². The smallest absolute Gasteiger partial charge is 0.328 e. The molecule has 3 amide bonds. The number of nitrogens with one attached hydrogen (secondary N) is 2. The van der Waals surface area contributed by atoms with Gasteiger partial charge in [-0.25, -0.2) is 14.8 Å². The van der Waals surface area contributed by atoms with Crippen molar-refractivity contribution in [2.45, 2.75) is 51.5 Å². The predicted octanol–water partition coefficient (Wildman–Crippen LogP) is 3.21. The topological polar surface area (TPSA) is 151 Å². The van der Waals surface area contributed by atoms with Gasteiger partial charge in [0.25, 0.3) is 0 Å². The molecule has 2 aromatic heterocycles. The summed E-state index contributed by atoms with van der Waals surface area (Å²) in [7, 11) is 4.64. The molecule has 0 spiro atoms. The second-order valence-electron chi connectivity index (χ2n) is 10.2. The van der Waals surface area contributed by atoms with Crippen LogP contribution in [0.2, 0.25) is 0 Å². The van der Waals surface area contributed by atoms with E-state index in [1.165, 1.54) is 20.4 Å². The highest BCUT2D eigenvalue weighted by molar-refractivity contribution is 6.01. The van der Waals surface area contributed by atoms with E-state index >= 15 is 0 Å². The summed E-state index contributed by atoms with van der Waals surface area (Å²) in [6, 6.07) is 5.31. The monoisotopic (exact) mass is 581 g/mol. The Kier molecular flexibility index (Phi) is 11.0. The molecule has 42 heavy (non-hydrogen) atoms. The molecule has 0 unspecified atom stereocenters. The predicted molar refractivity (Wildman–Crippen MR) is 155 cm³/mol. The molecule has 1 atom stereocenters. The lowest BCUT2D eigenvalue weighted by molar-refractivity contribution is -0.131. The number of hydrogen-bond acceptors (Lipinski definition) is 10. The number of carbonyl (C=O) groups excluding carboxylic acids is 2. The molecule has 13 nitrogen and oxygen atoms in total. The van der Waals surface area contributed by atoms with E-state index in [1.54, 1.807) is 29.9 Å². The van der Waals surface area contributed by atoms with Crippen molar-refractivity contribution in [3.63, 3.8) is 0 Å². The minimum absolute atomic E-state index is 0.00861. The van der Waals surface area contributed by atoms with Gasteiger partial charge in [0.05, 0.1) is 24.0 Å². The van der Waals surface area contributed by atoms with Gasteiger partial charge in [0.1, 0.15) is 23.4 Å². The van der Waals surface area contributed by atoms with Crippen LogP contribution in [0.5, 0.6) is 0 Å². The Labute approximate surface area is 246 Å². The number of methoxy groups -OCH3 is 3. The zero-order chi connectivity index (χ0) is 30.1. The van der Waals surface area contributed by atoms with Crippen LogP contribution in [0.1, 0.15) is 54.9 Å². The van der Waals surface area contributed by atoms with Gasteiger partial charge in [0.2, 0.25) is 12.2 Å². The molecule has 2 aliphatic heterocycles. The summed E-state index contributed by atoms with van der Waals surface area (Å²) in [5.41, 5.74) is 3.08. The van der Waals surface area contributed by atoms with Crippen LogP contribution < -0.4 is 15.5 Å². The van der Waals surface area contributed by atoms with E-state index in [0.717, 1.165) is 36.8 Å². The number of aryl methyl sites for hydroxylation is 1. The first-order valence-electron chi connectivity index (χ1n) is 14.0. The molecule has 2 aromatic rings. The quantitative estimate of drug-likeness (QED) is 0.282. The van der Waals surface area contributed by atoms with Crippen LogP contribution in [0.3, 0.4) is 0 Å². The lowest BCUT2D eigenvalue weighted by atomic mass is 10.0. The molecule has 1 saturated heterocycles. The number of aromatic nitrogens is 2. The van der Waals surface area contributed by atoms with E-state index in [2.05, 4.69) is 21.7 Å². The molecule has 0 aliphatic carbocycles. The molecule has 1 fully saturated rings. The van der Waals surface area contributed by atoms with Crippen molar-refractivity contribution in [3.8, 4) is 6.07 Å². The van der Waals surface area contributed by atoms with Gasteiger partial charge in [0, 0.05) is 73.3 Å². The van der Waals surface area contributed by atoms with Crippen LogP contribution in [-0.4, -0.2) is 87.1 Å². The van der Waals surface area contributed by atoms with Crippen molar-refractivity contribution in [2.24, 2.45) is 0 Å². The number of carbonyl (C=O) groups is 2. The van der Waals surface area contributed by atoms with Crippen LogP contribution in [-0.2, 0) is 36.7 Å². The average Bonchev–Trinajstić information content (AvgIpc) is 3.50. The number of hydrogen-bond donors (Lipinski definition) is 2. The van der Waals surface area contributed by atoms with Crippen molar-refractivity contribution in [3.05, 3.63) is 40.7 Å². The number of amides is 3. The van der Waals surface area contributed by atoms with E-state index in [0.29, 0.717) is 68.0 Å². The van der Waals surface area contributed by atoms with Gasteiger partial charge in [-0.2, -0.15) is 5.26 Å². The van der Waals surface area contributed by atoms with Gasteiger partial charge in [-0.05, 0) is 42.9 Å². The largest absolute Gasteiger partial charge is 0.383 e. The fraction of sp³-hybridized carbons (Fsp3) is 0.552. The number of nitrogens with zero attached hydrogens (tertiary/aromatic N) is 5. The van der Waals surface area contributed by atoms with E-state index in [1.807, 2.05) is 6.07 Å². The first-order valence-corrected chi connectivity index (χ1v) is 14.0. The summed E-state index contributed by atoms with van der Waals surface area (Å²) in [4.78, 5) is 38.6. The number of ether oxygens (including phenoxy) is 4. The van der Waals surface area contributed by atoms with Gasteiger partial charge < -0.3 is 29.2 Å². The van der Waals surface area contributed by atoms with Gasteiger partial charge in [0.15, 0.2) is 0 Å². The first kappa shape index (κ1) is 31.1. The molecule has 4 heterocycles. The maximum atomic E-state index is 13.5. The van der Waals surface area contributed by atoms with Crippen molar-refractivity contribution < 1.29 is 28.5 Å². The molecule has 2 aliphatic rings. The lowest BCUT2D eigenvalue weighted by Crippen LogP contribution is -2.40. The van der Waals surface area contributed by atoms with E-state index in [9.17, 15) is 14.9 Å². The molecule has 226 valence electrons. The van der Waals surface area contributed by atoms with Crippen LogP contribution in [0.4, 0.5) is 22.1 Å². The number of rotatable bonds is 12. The summed E-state index contributed by atoms with van der Waals surface area (Å²) < 4.78 is 22.0. The van der Waals surface area contributed by atoms with Gasteiger partial charge in [-0.3, -0.25) is 15.0 Å². The molecule has 13 heteroatoms. The van der Waals surface area contributed by atoms with Gasteiger partial charge in [-0.1, -0.05) is 0 Å². The summed E-state index contributed by atoms with van der Waals surface area (Å²) >= 11 is 0. The van der Waals surface area contributed by atoms with Crippen molar-refractivity contribution in [1.29, 1.82) is 5.26 Å². The standard InChI is InChI=1S/C29H39N7O6/c1-19(37)35(18-23-8-6-11-42-23)17-21-13-20-7-5-10-36(27(20)34-26(21)28(40-3)41-4)29(38)33-25-14-24(31-9-12-39-2)22(15-30)16-32-25/h13-14,16,23,28H,5-12,17-18H2,1-4H3,(H2,31,32,33,38)/t23-/m1/s1. The maximum Gasteiger partial charge on any atom is 0.328 e. The highest BCUT2D eigenvalue weighted by Crippen LogP contribution is 2.32. The normalized spacial score (nSPS) is 16.2. The molecule has 0 bridgehead atoms. The van der Waals surface area contributed by atoms with Crippen LogP contribution in [0.25, 0.3) is 0 Å². The number of pyridine rings is 2. The number of nitriles is 1. The lowest BCUT2D eigenvalue weighted by Gasteiger charge is -2.31. The van der Waals surface area contributed by atoms with Crippen LogP contribution >= 0.6 is 0 Å². The molecule has 0 aromatic carbocycles. The number of anilines is 3. The van der Waals surface area contributed by atoms with Crippen molar-refractivity contribution in [1.82, 2.24) is 14.9 Å². The summed E-state index contributed by atoms with van der Waals surface area (Å²) in [6.45, 7) is 4.46. The van der Waals surface area contributed by atoms with E-state index in [-0.39, 0.29) is 12.0 Å². The highest BCUT2D eigenvalue weighted by Gasteiger charge is 2.30. The van der Waals surface area contributed by atoms with Crippen LogP contribution in [0.15, 0.2) is 18.3 Å². The summed E-state index contributed by atoms with van der Waals surface area (Å²) in [6.07, 6.45) is 3.98. The minimum atomic E-state index is -0.797. The molecule has 2 N–H and O–H groups in total. The van der Waals surface area contributed by atoms with Gasteiger partial charge >= 0.3 is 6.03 Å². The minimum Gasteiger partial charge on any atom is -0.383 e. The SMILES string of the molecule is COCCNc1cc(NC(=O)N2CCCc3cc(CN(C[C@H]4CCCO4)C(C)=O)c(C(OC)OC)nc32)ncc1C#N. The molecular weight excluding hydrogens is 542 g/mol. The Morgan fingerprint density at radius 3 is 2.74 bits per heavy atom. The third-order valence-corrected chi connectivity index (χ3v) is 7.31. The van der Waals surface area contributed by atoms with Crippen molar-refractivity contribution >= 4 is 29.3 Å². The Bertz CT molecular complexity index is 1290. The Morgan fingerprint density at radius 2 is 2.07 bits per heavy atom. The fourth-order valence-electron chi connectivity index (χ4n) is 5.17. The van der Waals surface area contributed by atoms with Gasteiger partial charge in [-0.15, -0.1) is 0 Å². The fourth-order valence-corrected chi connectivity index (χ4v) is 5.17.